The first-order valence-electron chi connectivity index (χ1n) is 10.7. The van der Waals surface area contributed by atoms with Crippen LogP contribution in [0.15, 0.2) is 84.4 Å². The first-order valence-corrected chi connectivity index (χ1v) is 11.5. The molecule has 0 bridgehead atoms. The summed E-state index contributed by atoms with van der Waals surface area (Å²) in [6.45, 7) is 0. The van der Waals surface area contributed by atoms with Gasteiger partial charge < -0.3 is 15.8 Å². The van der Waals surface area contributed by atoms with Crippen LogP contribution < -0.4 is 21.5 Å². The van der Waals surface area contributed by atoms with Crippen molar-refractivity contribution in [2.75, 3.05) is 5.32 Å². The molecule has 5 N–H and O–H groups in total. The number of nitrogens with zero attached hydrogens (tertiary/aromatic N) is 2. The first-order chi connectivity index (χ1) is 17.1. The number of rotatable bonds is 6. The van der Waals surface area contributed by atoms with Crippen LogP contribution in [0.5, 0.6) is 0 Å². The van der Waals surface area contributed by atoms with Crippen LogP contribution in [0.4, 0.5) is 10.5 Å². The maximum absolute atomic E-state index is 12.2. The molecule has 35 heavy (non-hydrogen) atoms. The van der Waals surface area contributed by atoms with E-state index in [-0.39, 0.29) is 12.5 Å². The Bertz CT molecular complexity index is 1460. The van der Waals surface area contributed by atoms with Crippen molar-refractivity contribution in [1.29, 1.82) is 0 Å². The normalized spacial score (nSPS) is 12.4. The van der Waals surface area contributed by atoms with Gasteiger partial charge in [0, 0.05) is 28.4 Å². The molecule has 2 amide bonds. The fraction of sp³-hybridized carbons (Fsp3) is 0.0400. The molecule has 5 rings (SSSR count). The van der Waals surface area contributed by atoms with E-state index in [4.69, 9.17) is 5.11 Å². The smallest absolute Gasteiger partial charge is 0.324 e. The van der Waals surface area contributed by atoms with E-state index in [1.54, 1.807) is 36.0 Å². The van der Waals surface area contributed by atoms with E-state index in [0.29, 0.717) is 11.5 Å². The number of aromatic nitrogens is 2. The molecular formula is C25H20N6O3S. The van der Waals surface area contributed by atoms with Crippen molar-refractivity contribution in [3.8, 4) is 22.4 Å². The van der Waals surface area contributed by atoms with Crippen LogP contribution >= 0.6 is 11.3 Å². The number of amides is 2. The van der Waals surface area contributed by atoms with E-state index < -0.39 is 5.97 Å². The minimum Gasteiger partial charge on any atom is -0.481 e. The van der Waals surface area contributed by atoms with E-state index in [0.717, 1.165) is 38.2 Å². The van der Waals surface area contributed by atoms with Gasteiger partial charge in [-0.3, -0.25) is 15.5 Å². The summed E-state index contributed by atoms with van der Waals surface area (Å²) < 4.78 is 0.950. The predicted octanol–water partition coefficient (Wildman–Crippen LogP) is 4.24. The molecular weight excluding hydrogens is 464 g/mol. The van der Waals surface area contributed by atoms with Gasteiger partial charge in [0.15, 0.2) is 0 Å². The maximum Gasteiger partial charge on any atom is 0.324 e. The second-order valence-electron chi connectivity index (χ2n) is 7.68. The van der Waals surface area contributed by atoms with Crippen molar-refractivity contribution in [3.63, 3.8) is 0 Å². The van der Waals surface area contributed by atoms with Crippen molar-refractivity contribution in [3.05, 3.63) is 90.0 Å². The molecule has 1 aliphatic rings. The summed E-state index contributed by atoms with van der Waals surface area (Å²) in [5.74, 6) is -0.318. The number of hydrazine groups is 1. The van der Waals surface area contributed by atoms with E-state index in [9.17, 15) is 9.59 Å². The van der Waals surface area contributed by atoms with Gasteiger partial charge in [-0.25, -0.2) is 14.8 Å². The largest absolute Gasteiger partial charge is 0.481 e. The zero-order valence-corrected chi connectivity index (χ0v) is 19.1. The number of fused-ring (bicyclic) bond motifs is 1. The SMILES string of the molecule is O=C(O)Cc1ccc(-c2csc3c(-c4ccc(NC(=O)NC5=CC=CNN5)cc4)ncnc23)cc1. The summed E-state index contributed by atoms with van der Waals surface area (Å²) in [6.07, 6.45) is 6.75. The Balaban J connectivity index is 1.35. The van der Waals surface area contributed by atoms with E-state index in [1.807, 2.05) is 53.9 Å². The number of carbonyl (C=O) groups is 2. The Morgan fingerprint density at radius 1 is 0.971 bits per heavy atom. The summed E-state index contributed by atoms with van der Waals surface area (Å²) in [6, 6.07) is 14.6. The molecule has 0 fully saturated rings. The highest BCUT2D eigenvalue weighted by molar-refractivity contribution is 7.18. The minimum absolute atomic E-state index is 0.00714. The molecule has 0 aliphatic carbocycles. The Morgan fingerprint density at radius 2 is 1.74 bits per heavy atom. The quantitative estimate of drug-likeness (QED) is 0.277. The molecule has 0 atom stereocenters. The van der Waals surface area contributed by atoms with Gasteiger partial charge in [0.05, 0.1) is 22.3 Å². The van der Waals surface area contributed by atoms with Crippen LogP contribution in [0.3, 0.4) is 0 Å². The standard InChI is InChI=1S/C25H20N6O3S/c32-21(33)12-15-3-5-16(6-4-15)19-13-35-24-22(26-14-27-23(19)24)17-7-9-18(10-8-17)29-25(34)30-20-2-1-11-28-31-20/h1-11,13-14,28,31H,12H2,(H,32,33)(H2,29,30,34). The Morgan fingerprint density at radius 3 is 2.46 bits per heavy atom. The molecule has 10 heteroatoms. The fourth-order valence-corrected chi connectivity index (χ4v) is 4.70. The molecule has 0 saturated heterocycles. The summed E-state index contributed by atoms with van der Waals surface area (Å²) in [5.41, 5.74) is 11.5. The van der Waals surface area contributed by atoms with Gasteiger partial charge in [0.1, 0.15) is 12.1 Å². The highest BCUT2D eigenvalue weighted by Crippen LogP contribution is 2.37. The average Bonchev–Trinajstić information content (AvgIpc) is 3.30. The summed E-state index contributed by atoms with van der Waals surface area (Å²) in [4.78, 5) is 32.2. The highest BCUT2D eigenvalue weighted by atomic mass is 32.1. The number of nitrogens with one attached hydrogen (secondary N) is 4. The molecule has 9 nitrogen and oxygen atoms in total. The number of hydrogen-bond acceptors (Lipinski definition) is 7. The molecule has 4 aromatic rings. The number of hydrogen-bond donors (Lipinski definition) is 5. The van der Waals surface area contributed by atoms with Crippen LogP contribution in [0.25, 0.3) is 32.6 Å². The zero-order chi connectivity index (χ0) is 24.2. The van der Waals surface area contributed by atoms with Crippen LogP contribution in [0, 0.1) is 0 Å². The first kappa shape index (κ1) is 22.1. The van der Waals surface area contributed by atoms with Crippen molar-refractivity contribution in [2.45, 2.75) is 6.42 Å². The monoisotopic (exact) mass is 484 g/mol. The third-order valence-corrected chi connectivity index (χ3v) is 6.26. The minimum atomic E-state index is -0.855. The lowest BCUT2D eigenvalue weighted by Crippen LogP contribution is -2.40. The maximum atomic E-state index is 12.2. The number of aliphatic carboxylic acids is 1. The molecule has 3 heterocycles. The molecule has 0 spiro atoms. The van der Waals surface area contributed by atoms with Crippen LogP contribution in [-0.2, 0) is 11.2 Å². The number of benzene rings is 2. The van der Waals surface area contributed by atoms with Crippen molar-refractivity contribution in [2.24, 2.45) is 0 Å². The van der Waals surface area contributed by atoms with Gasteiger partial charge in [-0.05, 0) is 35.4 Å². The number of allylic oxidation sites excluding steroid dienone is 2. The lowest BCUT2D eigenvalue weighted by Gasteiger charge is -2.15. The lowest BCUT2D eigenvalue weighted by atomic mass is 10.0. The Kier molecular flexibility index (Phi) is 6.10. The number of carbonyl (C=O) groups excluding carboxylic acids is 1. The third-order valence-electron chi connectivity index (χ3n) is 5.29. The molecule has 0 saturated carbocycles. The number of urea groups is 1. The van der Waals surface area contributed by atoms with Gasteiger partial charge in [0.2, 0.25) is 0 Å². The van der Waals surface area contributed by atoms with E-state index >= 15 is 0 Å². The van der Waals surface area contributed by atoms with Crippen molar-refractivity contribution < 1.29 is 14.7 Å². The average molecular weight is 485 g/mol. The summed E-state index contributed by atoms with van der Waals surface area (Å²) in [7, 11) is 0. The number of anilines is 1. The van der Waals surface area contributed by atoms with Gasteiger partial charge in [-0.2, -0.15) is 0 Å². The predicted molar refractivity (Wildman–Crippen MR) is 135 cm³/mol. The Labute approximate surface area is 204 Å². The number of carboxylic acids is 1. The highest BCUT2D eigenvalue weighted by Gasteiger charge is 2.14. The van der Waals surface area contributed by atoms with Gasteiger partial charge in [-0.1, -0.05) is 36.4 Å². The number of thiophene rings is 1. The van der Waals surface area contributed by atoms with Gasteiger partial charge >= 0.3 is 12.0 Å². The van der Waals surface area contributed by atoms with Crippen LogP contribution in [0.2, 0.25) is 0 Å². The van der Waals surface area contributed by atoms with Crippen molar-refractivity contribution in [1.82, 2.24) is 26.1 Å². The Hall–Kier alpha value is -4.70. The second-order valence-corrected chi connectivity index (χ2v) is 8.56. The second kappa shape index (κ2) is 9.65. The van der Waals surface area contributed by atoms with Crippen molar-refractivity contribution >= 4 is 39.2 Å². The molecule has 2 aromatic heterocycles. The zero-order valence-electron chi connectivity index (χ0n) is 18.3. The molecule has 2 aromatic carbocycles. The summed E-state index contributed by atoms with van der Waals surface area (Å²) >= 11 is 1.56. The van der Waals surface area contributed by atoms with Gasteiger partial charge in [0.25, 0.3) is 0 Å². The fourth-order valence-electron chi connectivity index (χ4n) is 3.66. The van der Waals surface area contributed by atoms with E-state index in [2.05, 4.69) is 31.5 Å². The van der Waals surface area contributed by atoms with Gasteiger partial charge in [-0.15, -0.1) is 11.3 Å². The van der Waals surface area contributed by atoms with E-state index in [1.165, 1.54) is 0 Å². The van der Waals surface area contributed by atoms with Crippen LogP contribution in [0.1, 0.15) is 5.56 Å². The molecule has 174 valence electrons. The molecule has 0 radical (unpaired) electrons. The molecule has 0 unspecified atom stereocenters. The lowest BCUT2D eigenvalue weighted by molar-refractivity contribution is -0.136. The number of carboxylic acid groups (broad SMARTS) is 1. The topological polar surface area (TPSA) is 128 Å². The molecule has 1 aliphatic heterocycles. The van der Waals surface area contributed by atoms with Crippen LogP contribution in [-0.4, -0.2) is 27.1 Å². The summed E-state index contributed by atoms with van der Waals surface area (Å²) in [5, 5.41) is 16.5. The third kappa shape index (κ3) is 4.97.